The van der Waals surface area contributed by atoms with E-state index in [0.29, 0.717) is 40.6 Å². The van der Waals surface area contributed by atoms with Gasteiger partial charge in [-0.25, -0.2) is 4.98 Å². The first-order valence-corrected chi connectivity index (χ1v) is 18.5. The molecule has 8 rings (SSSR count). The summed E-state index contributed by atoms with van der Waals surface area (Å²) < 4.78 is 11.0. The number of imidazole rings is 1. The highest BCUT2D eigenvalue weighted by molar-refractivity contribution is 6.04. The standard InChI is InChI=1S/C44H40N8O5/c1-27-19-34-35(46-24-33-7-4-5-16-51(33)43(34)55)23-39(27)57-18-6-8-41(54)47-40-26-50(3)42(48-40)38(53)20-28-9-11-29(12-10-28)31-22-37(49(2)25-31)44(56)52-17-15-30-21-32(45)13-14-36(30)52/h4-5,7,9-17,19,21-26,33H,6,8,18,20,45H2,1-3H3,(H,47,54)/t33-/m0/s1. The van der Waals surface area contributed by atoms with Gasteiger partial charge in [0.05, 0.1) is 29.4 Å². The number of hydrogen-bond donors (Lipinski definition) is 2. The summed E-state index contributed by atoms with van der Waals surface area (Å²) in [7, 11) is 3.55. The van der Waals surface area contributed by atoms with Crippen LogP contribution in [0.3, 0.4) is 0 Å². The molecule has 0 radical (unpaired) electrons. The Labute approximate surface area is 328 Å². The van der Waals surface area contributed by atoms with Crippen LogP contribution in [0.5, 0.6) is 5.75 Å². The van der Waals surface area contributed by atoms with Crippen molar-refractivity contribution in [3.05, 3.63) is 138 Å². The summed E-state index contributed by atoms with van der Waals surface area (Å²) in [6, 6.07) is 20.1. The van der Waals surface area contributed by atoms with Crippen LogP contribution < -0.4 is 15.8 Å². The van der Waals surface area contributed by atoms with Crippen LogP contribution in [0.1, 0.15) is 55.4 Å². The molecule has 2 amide bonds. The zero-order chi connectivity index (χ0) is 39.8. The molecule has 3 aromatic heterocycles. The lowest BCUT2D eigenvalue weighted by molar-refractivity contribution is -0.116. The predicted octanol–water partition coefficient (Wildman–Crippen LogP) is 6.79. The van der Waals surface area contributed by atoms with Crippen molar-refractivity contribution in [2.75, 3.05) is 17.7 Å². The van der Waals surface area contributed by atoms with Crippen LogP contribution in [0, 0.1) is 6.92 Å². The monoisotopic (exact) mass is 760 g/mol. The number of hydrogen-bond acceptors (Lipinski definition) is 8. The average molecular weight is 761 g/mol. The van der Waals surface area contributed by atoms with Crippen molar-refractivity contribution in [2.45, 2.75) is 32.2 Å². The van der Waals surface area contributed by atoms with Gasteiger partial charge in [-0.15, -0.1) is 0 Å². The zero-order valence-corrected chi connectivity index (χ0v) is 31.7. The third-order valence-corrected chi connectivity index (χ3v) is 10.1. The highest BCUT2D eigenvalue weighted by Gasteiger charge is 2.27. The SMILES string of the molecule is Cc1cc2c(cc1OCCCC(=O)Nc1cn(C)c(C(=O)Cc3ccc(-c4cc(C(=O)n5ccc6cc(N)ccc65)n(C)c4)cc3)n1)N=C[C@@H]1C=CC=CN1C2=O. The zero-order valence-electron chi connectivity index (χ0n) is 31.7. The Hall–Kier alpha value is -7.28. The van der Waals surface area contributed by atoms with Gasteiger partial charge in [0, 0.05) is 80.6 Å². The van der Waals surface area contributed by atoms with Crippen LogP contribution in [0.15, 0.2) is 115 Å². The van der Waals surface area contributed by atoms with Crippen molar-refractivity contribution < 1.29 is 23.9 Å². The van der Waals surface area contributed by atoms with Gasteiger partial charge in [0.15, 0.2) is 11.6 Å². The molecule has 2 aliphatic rings. The lowest BCUT2D eigenvalue weighted by Gasteiger charge is -2.24. The molecule has 1 atom stereocenters. The van der Waals surface area contributed by atoms with Crippen LogP contribution in [0.25, 0.3) is 22.0 Å². The Kier molecular flexibility index (Phi) is 9.72. The summed E-state index contributed by atoms with van der Waals surface area (Å²) in [5.74, 6) is 0.389. The van der Waals surface area contributed by atoms with E-state index >= 15 is 0 Å². The molecule has 2 aliphatic heterocycles. The molecule has 0 fully saturated rings. The van der Waals surface area contributed by atoms with Crippen LogP contribution in [0.4, 0.5) is 17.2 Å². The maximum Gasteiger partial charge on any atom is 0.278 e. The number of aromatic nitrogens is 4. The van der Waals surface area contributed by atoms with E-state index in [1.54, 1.807) is 64.1 Å². The maximum absolute atomic E-state index is 13.5. The van der Waals surface area contributed by atoms with Gasteiger partial charge >= 0.3 is 0 Å². The number of ketones is 1. The number of aryl methyl sites for hydroxylation is 3. The quantitative estimate of drug-likeness (QED) is 0.0836. The van der Waals surface area contributed by atoms with Crippen LogP contribution in [-0.4, -0.2) is 66.0 Å². The Morgan fingerprint density at radius 1 is 0.930 bits per heavy atom. The molecule has 13 nitrogen and oxygen atoms in total. The molecule has 6 aromatic rings. The van der Waals surface area contributed by atoms with Gasteiger partial charge in [-0.3, -0.25) is 28.7 Å². The first kappa shape index (κ1) is 36.7. The Morgan fingerprint density at radius 2 is 1.75 bits per heavy atom. The molecule has 0 saturated heterocycles. The minimum absolute atomic E-state index is 0.119. The van der Waals surface area contributed by atoms with Gasteiger partial charge in [-0.1, -0.05) is 36.4 Å². The van der Waals surface area contributed by atoms with Gasteiger partial charge in [-0.2, -0.15) is 0 Å². The number of ether oxygens (including phenoxy) is 1. The first-order valence-electron chi connectivity index (χ1n) is 18.5. The highest BCUT2D eigenvalue weighted by Crippen LogP contribution is 2.33. The number of nitrogens with zero attached hydrogens (tertiary/aromatic N) is 6. The predicted molar refractivity (Wildman–Crippen MR) is 219 cm³/mol. The van der Waals surface area contributed by atoms with Gasteiger partial charge in [-0.05, 0) is 72.5 Å². The van der Waals surface area contributed by atoms with Crippen molar-refractivity contribution in [1.82, 2.24) is 23.6 Å². The topological polar surface area (TPSA) is 159 Å². The van der Waals surface area contributed by atoms with Crippen molar-refractivity contribution in [1.29, 1.82) is 0 Å². The average Bonchev–Trinajstić information content (AvgIpc) is 3.89. The molecule has 0 bridgehead atoms. The molecule has 286 valence electrons. The molecule has 57 heavy (non-hydrogen) atoms. The lowest BCUT2D eigenvalue weighted by atomic mass is 10.0. The number of carbonyl (C=O) groups excluding carboxylic acids is 4. The van der Waals surface area contributed by atoms with E-state index in [1.165, 1.54) is 0 Å². The highest BCUT2D eigenvalue weighted by atomic mass is 16.5. The Balaban J connectivity index is 0.836. The number of fused-ring (bicyclic) bond motifs is 3. The smallest absolute Gasteiger partial charge is 0.278 e. The summed E-state index contributed by atoms with van der Waals surface area (Å²) in [5.41, 5.74) is 12.3. The summed E-state index contributed by atoms with van der Waals surface area (Å²) in [5, 5.41) is 3.68. The number of nitrogens with two attached hydrogens (primary N) is 1. The molecular weight excluding hydrogens is 721 g/mol. The van der Waals surface area contributed by atoms with E-state index in [2.05, 4.69) is 15.3 Å². The van der Waals surface area contributed by atoms with Crippen LogP contribution in [0.2, 0.25) is 0 Å². The fourth-order valence-corrected chi connectivity index (χ4v) is 7.13. The maximum atomic E-state index is 13.5. The number of aliphatic imine (C=N–C) groups is 1. The lowest BCUT2D eigenvalue weighted by Crippen LogP contribution is -2.36. The molecule has 0 aliphatic carbocycles. The molecular formula is C44H40N8O5. The number of nitrogens with one attached hydrogen (secondary N) is 1. The van der Waals surface area contributed by atoms with Gasteiger partial charge < -0.3 is 29.8 Å². The van der Waals surface area contributed by atoms with Crippen molar-refractivity contribution in [2.24, 2.45) is 19.1 Å². The third-order valence-electron chi connectivity index (χ3n) is 10.1. The Bertz CT molecular complexity index is 2680. The minimum atomic E-state index is -0.254. The number of anilines is 2. The number of rotatable bonds is 11. The number of carbonyl (C=O) groups is 4. The largest absolute Gasteiger partial charge is 0.493 e. The Morgan fingerprint density at radius 3 is 2.58 bits per heavy atom. The normalized spacial score (nSPS) is 14.4. The van der Waals surface area contributed by atoms with Crippen molar-refractivity contribution in [3.8, 4) is 16.9 Å². The van der Waals surface area contributed by atoms with Crippen LogP contribution in [-0.2, 0) is 25.3 Å². The third kappa shape index (κ3) is 7.42. The van der Waals surface area contributed by atoms with E-state index in [9.17, 15) is 19.2 Å². The molecule has 13 heteroatoms. The molecule has 5 heterocycles. The van der Waals surface area contributed by atoms with E-state index in [1.807, 2.05) is 91.5 Å². The second-order valence-corrected chi connectivity index (χ2v) is 14.2. The summed E-state index contributed by atoms with van der Waals surface area (Å²) in [4.78, 5) is 63.3. The number of Topliss-reactive ketones (excluding diaryl/α,β-unsaturated/α-hetero) is 1. The molecule has 0 saturated carbocycles. The van der Waals surface area contributed by atoms with Crippen LogP contribution >= 0.6 is 0 Å². The van der Waals surface area contributed by atoms with Gasteiger partial charge in [0.25, 0.3) is 11.8 Å². The molecule has 3 aromatic carbocycles. The molecule has 3 N–H and O–H groups in total. The van der Waals surface area contributed by atoms with E-state index < -0.39 is 0 Å². The van der Waals surface area contributed by atoms with E-state index in [0.717, 1.165) is 33.2 Å². The van der Waals surface area contributed by atoms with E-state index in [4.69, 9.17) is 10.5 Å². The van der Waals surface area contributed by atoms with E-state index in [-0.39, 0.29) is 54.8 Å². The van der Waals surface area contributed by atoms with Crippen molar-refractivity contribution >= 4 is 57.8 Å². The second-order valence-electron chi connectivity index (χ2n) is 14.2. The molecule has 0 spiro atoms. The summed E-state index contributed by atoms with van der Waals surface area (Å²) in [6.07, 6.45) is 15.1. The molecule has 0 unspecified atom stereocenters. The minimum Gasteiger partial charge on any atom is -0.493 e. The number of amides is 2. The number of benzene rings is 3. The fourth-order valence-electron chi connectivity index (χ4n) is 7.13. The summed E-state index contributed by atoms with van der Waals surface area (Å²) in [6.45, 7) is 2.15. The fraction of sp³-hybridized carbons (Fsp3) is 0.182. The summed E-state index contributed by atoms with van der Waals surface area (Å²) >= 11 is 0. The van der Waals surface area contributed by atoms with Crippen molar-refractivity contribution in [3.63, 3.8) is 0 Å². The second kappa shape index (κ2) is 15.1. The van der Waals surface area contributed by atoms with Gasteiger partial charge in [0.2, 0.25) is 11.7 Å². The number of allylic oxidation sites excluding steroid dienone is 2. The van der Waals surface area contributed by atoms with Gasteiger partial charge in [0.1, 0.15) is 11.4 Å². The first-order chi connectivity index (χ1) is 27.5. The number of nitrogen functional groups attached to an aromatic ring is 1.